The van der Waals surface area contributed by atoms with E-state index < -0.39 is 10.0 Å². The van der Waals surface area contributed by atoms with Crippen molar-refractivity contribution in [2.45, 2.75) is 83.2 Å². The van der Waals surface area contributed by atoms with E-state index in [0.717, 1.165) is 51.7 Å². The zero-order valence-electron chi connectivity index (χ0n) is 20.1. The minimum absolute atomic E-state index is 0.0201. The van der Waals surface area contributed by atoms with E-state index in [0.29, 0.717) is 37.3 Å². The lowest BCUT2D eigenvalue weighted by Crippen LogP contribution is -2.48. The van der Waals surface area contributed by atoms with Crippen molar-refractivity contribution in [3.63, 3.8) is 0 Å². The van der Waals surface area contributed by atoms with E-state index in [2.05, 4.69) is 12.0 Å². The molecule has 0 aliphatic carbocycles. The van der Waals surface area contributed by atoms with Gasteiger partial charge in [-0.2, -0.15) is 9.40 Å². The SMILES string of the molecule is Cc1nn(CC(=O)N2CCCC2)c(C)c1S(=O)(=O)N1CCC(C(=O)N2CCCC[C@H]2C)CC1. The van der Waals surface area contributed by atoms with E-state index in [-0.39, 0.29) is 35.2 Å². The summed E-state index contributed by atoms with van der Waals surface area (Å²) in [6.07, 6.45) is 6.36. The lowest BCUT2D eigenvalue weighted by atomic mass is 9.94. The molecule has 4 rings (SSSR count). The Labute approximate surface area is 197 Å². The highest BCUT2D eigenvalue weighted by Crippen LogP contribution is 2.30. The van der Waals surface area contributed by atoms with Gasteiger partial charge in [0.25, 0.3) is 0 Å². The molecule has 0 aromatic carbocycles. The molecule has 3 aliphatic rings. The van der Waals surface area contributed by atoms with Crippen LogP contribution in [0.15, 0.2) is 4.90 Å². The van der Waals surface area contributed by atoms with Gasteiger partial charge in [-0.25, -0.2) is 8.42 Å². The van der Waals surface area contributed by atoms with Crippen molar-refractivity contribution in [3.05, 3.63) is 11.4 Å². The van der Waals surface area contributed by atoms with Crippen LogP contribution in [-0.4, -0.2) is 82.9 Å². The first-order valence-corrected chi connectivity index (χ1v) is 13.8. The number of rotatable bonds is 5. The van der Waals surface area contributed by atoms with Gasteiger partial charge in [0.05, 0.1) is 11.4 Å². The molecule has 1 aromatic heterocycles. The quantitative estimate of drug-likeness (QED) is 0.643. The number of carbonyl (C=O) groups excluding carboxylic acids is 2. The topological polar surface area (TPSA) is 95.8 Å². The van der Waals surface area contributed by atoms with Crippen molar-refractivity contribution >= 4 is 21.8 Å². The van der Waals surface area contributed by atoms with Crippen LogP contribution in [-0.2, 0) is 26.2 Å². The first kappa shape index (κ1) is 24.2. The summed E-state index contributed by atoms with van der Waals surface area (Å²) in [5, 5.41) is 4.40. The predicted octanol–water partition coefficient (Wildman–Crippen LogP) is 1.92. The molecule has 1 aromatic rings. The zero-order chi connectivity index (χ0) is 23.8. The van der Waals surface area contributed by atoms with Crippen molar-refractivity contribution in [2.24, 2.45) is 5.92 Å². The molecule has 3 saturated heterocycles. The average Bonchev–Trinajstić information content (AvgIpc) is 3.42. The maximum atomic E-state index is 13.5. The Morgan fingerprint density at radius 3 is 2.21 bits per heavy atom. The molecule has 4 heterocycles. The number of aryl methyl sites for hydroxylation is 1. The van der Waals surface area contributed by atoms with Gasteiger partial charge in [0.15, 0.2) is 0 Å². The molecule has 0 radical (unpaired) electrons. The molecule has 0 N–H and O–H groups in total. The smallest absolute Gasteiger partial charge is 0.246 e. The number of aromatic nitrogens is 2. The van der Waals surface area contributed by atoms with Crippen LogP contribution in [0.2, 0.25) is 0 Å². The monoisotopic (exact) mass is 479 g/mol. The van der Waals surface area contributed by atoms with Crippen molar-refractivity contribution in [3.8, 4) is 0 Å². The fourth-order valence-corrected chi connectivity index (χ4v) is 7.38. The van der Waals surface area contributed by atoms with Gasteiger partial charge in [-0.3, -0.25) is 14.3 Å². The highest BCUT2D eigenvalue weighted by atomic mass is 32.2. The van der Waals surface area contributed by atoms with Crippen LogP contribution in [0.5, 0.6) is 0 Å². The van der Waals surface area contributed by atoms with Crippen molar-refractivity contribution in [2.75, 3.05) is 32.7 Å². The molecule has 0 unspecified atom stereocenters. The Hall–Kier alpha value is -1.94. The summed E-state index contributed by atoms with van der Waals surface area (Å²) in [6.45, 7) is 8.56. The van der Waals surface area contributed by atoms with Gasteiger partial charge >= 0.3 is 0 Å². The normalized spacial score (nSPS) is 23.3. The van der Waals surface area contributed by atoms with Crippen LogP contribution in [0.1, 0.15) is 63.3 Å². The van der Waals surface area contributed by atoms with Crippen molar-refractivity contribution in [1.82, 2.24) is 23.9 Å². The molecule has 1 atom stereocenters. The van der Waals surface area contributed by atoms with E-state index in [4.69, 9.17) is 0 Å². The molecule has 0 bridgehead atoms. The number of hydrogen-bond donors (Lipinski definition) is 0. The molecule has 10 heteroatoms. The number of likely N-dealkylation sites (tertiary alicyclic amines) is 2. The second kappa shape index (κ2) is 9.74. The van der Waals surface area contributed by atoms with Crippen LogP contribution in [0.4, 0.5) is 0 Å². The maximum Gasteiger partial charge on any atom is 0.246 e. The highest BCUT2D eigenvalue weighted by Gasteiger charge is 2.37. The van der Waals surface area contributed by atoms with Gasteiger partial charge in [0.1, 0.15) is 11.4 Å². The molecule has 0 saturated carbocycles. The Balaban J connectivity index is 1.43. The summed E-state index contributed by atoms with van der Waals surface area (Å²) in [5.41, 5.74) is 0.919. The van der Waals surface area contributed by atoms with Crippen LogP contribution in [0, 0.1) is 19.8 Å². The minimum atomic E-state index is -3.74. The molecule has 3 fully saturated rings. The lowest BCUT2D eigenvalue weighted by molar-refractivity contribution is -0.140. The summed E-state index contributed by atoms with van der Waals surface area (Å²) >= 11 is 0. The van der Waals surface area contributed by atoms with Gasteiger partial charge in [0.2, 0.25) is 21.8 Å². The number of sulfonamides is 1. The van der Waals surface area contributed by atoms with E-state index in [1.54, 1.807) is 13.8 Å². The van der Waals surface area contributed by atoms with E-state index >= 15 is 0 Å². The standard InChI is InChI=1S/C23H37N5O4S/c1-17-8-4-5-13-27(17)23(30)20-9-14-26(15-10-20)33(31,32)22-18(2)24-28(19(22)3)16-21(29)25-11-6-7-12-25/h17,20H,4-16H2,1-3H3/t17-/m1/s1. The molecule has 0 spiro atoms. The fraction of sp³-hybridized carbons (Fsp3) is 0.783. The van der Waals surface area contributed by atoms with Crippen LogP contribution >= 0.6 is 0 Å². The number of nitrogens with zero attached hydrogens (tertiary/aromatic N) is 5. The second-order valence-electron chi connectivity index (χ2n) is 9.80. The van der Waals surface area contributed by atoms with E-state index in [1.807, 2.05) is 9.80 Å². The van der Waals surface area contributed by atoms with Crippen LogP contribution < -0.4 is 0 Å². The third-order valence-corrected chi connectivity index (χ3v) is 9.70. The number of carbonyl (C=O) groups is 2. The molecular formula is C23H37N5O4S. The van der Waals surface area contributed by atoms with Crippen molar-refractivity contribution < 1.29 is 18.0 Å². The van der Waals surface area contributed by atoms with E-state index in [9.17, 15) is 18.0 Å². The number of amides is 2. The van der Waals surface area contributed by atoms with Crippen LogP contribution in [0.3, 0.4) is 0 Å². The molecule has 2 amide bonds. The first-order chi connectivity index (χ1) is 15.7. The zero-order valence-corrected chi connectivity index (χ0v) is 20.9. The molecular weight excluding hydrogens is 442 g/mol. The Morgan fingerprint density at radius 2 is 1.58 bits per heavy atom. The predicted molar refractivity (Wildman–Crippen MR) is 124 cm³/mol. The summed E-state index contributed by atoms with van der Waals surface area (Å²) in [5.74, 6) is 0.0492. The molecule has 184 valence electrons. The molecule has 9 nitrogen and oxygen atoms in total. The second-order valence-corrected chi connectivity index (χ2v) is 11.7. The summed E-state index contributed by atoms with van der Waals surface area (Å²) in [4.78, 5) is 29.6. The molecule has 33 heavy (non-hydrogen) atoms. The molecule has 3 aliphatic heterocycles. The minimum Gasteiger partial charge on any atom is -0.341 e. The van der Waals surface area contributed by atoms with Gasteiger partial charge < -0.3 is 9.80 Å². The third-order valence-electron chi connectivity index (χ3n) is 7.55. The number of piperidine rings is 2. The Morgan fingerprint density at radius 1 is 0.939 bits per heavy atom. The average molecular weight is 480 g/mol. The van der Waals surface area contributed by atoms with E-state index in [1.165, 1.54) is 8.99 Å². The van der Waals surface area contributed by atoms with Crippen LogP contribution in [0.25, 0.3) is 0 Å². The highest BCUT2D eigenvalue weighted by molar-refractivity contribution is 7.89. The van der Waals surface area contributed by atoms with Crippen molar-refractivity contribution in [1.29, 1.82) is 0 Å². The summed E-state index contributed by atoms with van der Waals surface area (Å²) in [6, 6.07) is 0.271. The van der Waals surface area contributed by atoms with Gasteiger partial charge in [-0.05, 0) is 65.7 Å². The Bertz CT molecular complexity index is 991. The Kier molecular flexibility index (Phi) is 7.14. The van der Waals surface area contributed by atoms with Gasteiger partial charge in [0, 0.05) is 44.7 Å². The van der Waals surface area contributed by atoms with Gasteiger partial charge in [-0.1, -0.05) is 0 Å². The lowest BCUT2D eigenvalue weighted by Gasteiger charge is -2.38. The van der Waals surface area contributed by atoms with Gasteiger partial charge in [-0.15, -0.1) is 0 Å². The third kappa shape index (κ3) is 4.82. The maximum absolute atomic E-state index is 13.5. The number of hydrogen-bond acceptors (Lipinski definition) is 5. The fourth-order valence-electron chi connectivity index (χ4n) is 5.53. The largest absolute Gasteiger partial charge is 0.341 e. The summed E-state index contributed by atoms with van der Waals surface area (Å²) < 4.78 is 30.0. The first-order valence-electron chi connectivity index (χ1n) is 12.3. The summed E-state index contributed by atoms with van der Waals surface area (Å²) in [7, 11) is -3.74.